The predicted molar refractivity (Wildman–Crippen MR) is 137 cm³/mol. The van der Waals surface area contributed by atoms with Gasteiger partial charge in [-0.2, -0.15) is 13.2 Å². The van der Waals surface area contributed by atoms with Gasteiger partial charge in [0, 0.05) is 16.6 Å². The van der Waals surface area contributed by atoms with E-state index >= 15 is 0 Å². The molecule has 0 saturated carbocycles. The van der Waals surface area contributed by atoms with Gasteiger partial charge in [-0.25, -0.2) is 4.98 Å². The molecule has 0 spiro atoms. The van der Waals surface area contributed by atoms with Crippen molar-refractivity contribution in [3.63, 3.8) is 0 Å². The van der Waals surface area contributed by atoms with E-state index in [0.717, 1.165) is 23.9 Å². The molecule has 2 amide bonds. The van der Waals surface area contributed by atoms with E-state index in [0.29, 0.717) is 15.9 Å². The molecule has 198 valence electrons. The Kier molecular flexibility index (Phi) is 8.86. The van der Waals surface area contributed by atoms with E-state index in [1.54, 1.807) is 35.8 Å². The van der Waals surface area contributed by atoms with Crippen LogP contribution >= 0.6 is 34.7 Å². The Bertz CT molecular complexity index is 1400. The fourth-order valence-electron chi connectivity index (χ4n) is 3.07. The van der Waals surface area contributed by atoms with Crippen molar-refractivity contribution in [2.75, 3.05) is 17.7 Å². The molecular weight excluding hydrogens is 565 g/mol. The van der Waals surface area contributed by atoms with Gasteiger partial charge < -0.3 is 15.4 Å². The number of nitrogens with zero attached hydrogens (tertiary/aromatic N) is 4. The van der Waals surface area contributed by atoms with Gasteiger partial charge in [0.15, 0.2) is 22.7 Å². The highest BCUT2D eigenvalue weighted by molar-refractivity contribution is 7.99. The van der Waals surface area contributed by atoms with Crippen molar-refractivity contribution in [1.82, 2.24) is 25.1 Å². The number of carbonyl (C=O) groups is 2. The van der Waals surface area contributed by atoms with Crippen molar-refractivity contribution in [2.24, 2.45) is 0 Å². The summed E-state index contributed by atoms with van der Waals surface area (Å²) < 4.78 is 46.9. The van der Waals surface area contributed by atoms with Crippen molar-refractivity contribution >= 4 is 51.6 Å². The van der Waals surface area contributed by atoms with Gasteiger partial charge in [-0.05, 0) is 42.5 Å². The number of benzene rings is 2. The molecule has 0 bridgehead atoms. The molecule has 2 aromatic heterocycles. The Balaban J connectivity index is 1.49. The Labute approximate surface area is 227 Å². The van der Waals surface area contributed by atoms with Crippen LogP contribution in [0.2, 0.25) is 5.02 Å². The molecule has 4 rings (SSSR count). The van der Waals surface area contributed by atoms with Crippen LogP contribution in [0.25, 0.3) is 5.69 Å². The Morgan fingerprint density at radius 3 is 2.61 bits per heavy atom. The molecule has 9 nitrogen and oxygen atoms in total. The van der Waals surface area contributed by atoms with E-state index in [1.807, 2.05) is 0 Å². The van der Waals surface area contributed by atoms with Crippen LogP contribution in [0.15, 0.2) is 65.3 Å². The molecule has 0 radical (unpaired) electrons. The van der Waals surface area contributed by atoms with Gasteiger partial charge in [0.1, 0.15) is 5.75 Å². The van der Waals surface area contributed by atoms with E-state index in [9.17, 15) is 22.8 Å². The molecule has 0 aliphatic heterocycles. The van der Waals surface area contributed by atoms with Crippen molar-refractivity contribution in [3.05, 3.63) is 76.5 Å². The fraction of sp³-hybridized carbons (Fsp3) is 0.174. The second-order valence-corrected chi connectivity index (χ2v) is 9.75. The zero-order chi connectivity index (χ0) is 27.1. The van der Waals surface area contributed by atoms with Crippen LogP contribution in [0.4, 0.5) is 18.3 Å². The molecule has 2 aromatic carbocycles. The lowest BCUT2D eigenvalue weighted by Gasteiger charge is -2.13. The van der Waals surface area contributed by atoms with Crippen molar-refractivity contribution in [3.8, 4) is 11.4 Å². The minimum atomic E-state index is -4.57. The number of carbonyl (C=O) groups excluding carboxylic acids is 2. The van der Waals surface area contributed by atoms with Crippen LogP contribution in [0.1, 0.15) is 11.4 Å². The molecule has 4 aromatic rings. The molecule has 15 heteroatoms. The first-order chi connectivity index (χ1) is 18.2. The van der Waals surface area contributed by atoms with E-state index in [4.69, 9.17) is 16.3 Å². The number of ether oxygens (including phenoxy) is 1. The number of rotatable bonds is 10. The van der Waals surface area contributed by atoms with Crippen LogP contribution in [0.3, 0.4) is 0 Å². The van der Waals surface area contributed by atoms with Crippen molar-refractivity contribution in [2.45, 2.75) is 17.9 Å². The Morgan fingerprint density at radius 1 is 1.11 bits per heavy atom. The lowest BCUT2D eigenvalue weighted by Crippen LogP contribution is -2.29. The van der Waals surface area contributed by atoms with Crippen LogP contribution in [0.5, 0.6) is 5.75 Å². The van der Waals surface area contributed by atoms with E-state index in [1.165, 1.54) is 28.0 Å². The standard InChI is InChI=1S/C23H18ClF3N6O3S2/c24-15-4-6-17(7-5-15)36-12-19(34)29-11-18-31-32-22(38-13-20(35)30-21-28-8-9-37-21)33(18)16-3-1-2-14(10-16)23(25,26)27/h1-10H,11-13H2,(H,29,34)(H,28,30,35). The number of hydrogen-bond donors (Lipinski definition) is 2. The van der Waals surface area contributed by atoms with Gasteiger partial charge in [-0.3, -0.25) is 14.2 Å². The fourth-order valence-corrected chi connectivity index (χ4v) is 4.51. The summed E-state index contributed by atoms with van der Waals surface area (Å²) in [5, 5.41) is 16.1. The minimum absolute atomic E-state index is 0.0992. The first kappa shape index (κ1) is 27.4. The molecule has 2 heterocycles. The van der Waals surface area contributed by atoms with Gasteiger partial charge in [0.05, 0.1) is 23.5 Å². The van der Waals surface area contributed by atoms with Gasteiger partial charge in [0.2, 0.25) is 5.91 Å². The molecule has 0 unspecified atom stereocenters. The average Bonchev–Trinajstić information content (AvgIpc) is 3.55. The number of alkyl halides is 3. The summed E-state index contributed by atoms with van der Waals surface area (Å²) in [6, 6.07) is 11.0. The molecule has 0 aliphatic rings. The first-order valence-electron chi connectivity index (χ1n) is 10.8. The van der Waals surface area contributed by atoms with E-state index in [-0.39, 0.29) is 41.5 Å². The summed E-state index contributed by atoms with van der Waals surface area (Å²) in [5.41, 5.74) is -0.748. The lowest BCUT2D eigenvalue weighted by molar-refractivity contribution is -0.137. The van der Waals surface area contributed by atoms with Crippen LogP contribution < -0.4 is 15.4 Å². The number of thiazole rings is 1. The summed E-state index contributed by atoms with van der Waals surface area (Å²) in [6.07, 6.45) is -3.03. The predicted octanol–water partition coefficient (Wildman–Crippen LogP) is 4.82. The topological polar surface area (TPSA) is 111 Å². The molecule has 38 heavy (non-hydrogen) atoms. The lowest BCUT2D eigenvalue weighted by atomic mass is 10.2. The van der Waals surface area contributed by atoms with Gasteiger partial charge in [-0.15, -0.1) is 21.5 Å². The van der Waals surface area contributed by atoms with Gasteiger partial charge >= 0.3 is 6.18 Å². The van der Waals surface area contributed by atoms with Crippen LogP contribution in [0, 0.1) is 0 Å². The Hall–Kier alpha value is -3.62. The summed E-state index contributed by atoms with van der Waals surface area (Å²) in [4.78, 5) is 28.6. The number of halogens is 4. The molecule has 0 saturated heterocycles. The first-order valence-corrected chi connectivity index (χ1v) is 13.0. The molecule has 2 N–H and O–H groups in total. The number of anilines is 1. The third-order valence-corrected chi connectivity index (χ3v) is 6.64. The zero-order valence-corrected chi connectivity index (χ0v) is 21.6. The summed E-state index contributed by atoms with van der Waals surface area (Å²) in [7, 11) is 0. The summed E-state index contributed by atoms with van der Waals surface area (Å²) in [5.74, 6) is -0.371. The number of thioether (sulfide) groups is 1. The number of aromatic nitrogens is 4. The normalized spacial score (nSPS) is 11.3. The number of hydrogen-bond acceptors (Lipinski definition) is 8. The maximum absolute atomic E-state index is 13.4. The van der Waals surface area contributed by atoms with Gasteiger partial charge in [0.25, 0.3) is 5.91 Å². The van der Waals surface area contributed by atoms with Crippen molar-refractivity contribution in [1.29, 1.82) is 0 Å². The molecule has 0 aliphatic carbocycles. The van der Waals surface area contributed by atoms with Crippen LogP contribution in [-0.4, -0.2) is 43.9 Å². The smallest absolute Gasteiger partial charge is 0.416 e. The SMILES string of the molecule is O=C(COc1ccc(Cl)cc1)NCc1nnc(SCC(=O)Nc2nccs2)n1-c1cccc(C(F)(F)F)c1. The molecule has 0 atom stereocenters. The maximum Gasteiger partial charge on any atom is 0.416 e. The molecular formula is C23H18ClF3N6O3S2. The summed E-state index contributed by atoms with van der Waals surface area (Å²) >= 11 is 8.05. The number of nitrogens with one attached hydrogen (secondary N) is 2. The highest BCUT2D eigenvalue weighted by Gasteiger charge is 2.31. The summed E-state index contributed by atoms with van der Waals surface area (Å²) in [6.45, 7) is -0.463. The second kappa shape index (κ2) is 12.3. The highest BCUT2D eigenvalue weighted by Crippen LogP contribution is 2.31. The average molecular weight is 583 g/mol. The monoisotopic (exact) mass is 582 g/mol. The highest BCUT2D eigenvalue weighted by atomic mass is 35.5. The van der Waals surface area contributed by atoms with E-state index < -0.39 is 17.6 Å². The quantitative estimate of drug-likeness (QED) is 0.258. The maximum atomic E-state index is 13.4. The molecule has 0 fully saturated rings. The van der Waals surface area contributed by atoms with Crippen molar-refractivity contribution < 1.29 is 27.5 Å². The largest absolute Gasteiger partial charge is 0.484 e. The second-order valence-electron chi connectivity index (χ2n) is 7.48. The van der Waals surface area contributed by atoms with Gasteiger partial charge in [-0.1, -0.05) is 29.4 Å². The third-order valence-electron chi connectivity index (χ3n) is 4.77. The minimum Gasteiger partial charge on any atom is -0.484 e. The van der Waals surface area contributed by atoms with E-state index in [2.05, 4.69) is 25.8 Å². The Morgan fingerprint density at radius 2 is 1.89 bits per heavy atom. The number of amides is 2. The zero-order valence-electron chi connectivity index (χ0n) is 19.2. The third kappa shape index (κ3) is 7.46. The van der Waals surface area contributed by atoms with Crippen LogP contribution in [-0.2, 0) is 22.3 Å².